The average Bonchev–Trinajstić information content (AvgIpc) is 3.25. The second kappa shape index (κ2) is 29.9. The van der Waals surface area contributed by atoms with Gasteiger partial charge in [-0.2, -0.15) is 53.3 Å². The van der Waals surface area contributed by atoms with E-state index >= 15 is 0 Å². The number of hydrogen-bond acceptors (Lipinski definition) is 7. The number of nitrogens with zero attached hydrogens (tertiary/aromatic N) is 3. The first kappa shape index (κ1) is 66.6. The Morgan fingerprint density at radius 3 is 1.42 bits per heavy atom. The lowest BCUT2D eigenvalue weighted by atomic mass is 9.84. The van der Waals surface area contributed by atoms with E-state index in [0.29, 0.717) is 27.6 Å². The number of rotatable bonds is 16. The maximum Gasteiger partial charge on any atom is 0.415 e. The number of likely N-dealkylation sites (N-methyl/N-ethyl adjacent to an activating group) is 4. The van der Waals surface area contributed by atoms with Crippen molar-refractivity contribution in [2.75, 3.05) is 41.3 Å². The van der Waals surface area contributed by atoms with Gasteiger partial charge in [0.15, 0.2) is 23.1 Å². The first-order chi connectivity index (χ1) is 32.0. The van der Waals surface area contributed by atoms with Gasteiger partial charge in [-0.05, 0) is 79.5 Å². The fraction of sp³-hybridized carbons (Fsp3) is 0.304. The van der Waals surface area contributed by atoms with E-state index in [1.807, 2.05) is 0 Å². The quantitative estimate of drug-likeness (QED) is 0.0676. The van der Waals surface area contributed by atoms with Crippen LogP contribution < -0.4 is 14.8 Å². The molecule has 0 radical (unpaired) electrons. The first-order valence-electron chi connectivity index (χ1n) is 19.8. The van der Waals surface area contributed by atoms with Gasteiger partial charge in [0.1, 0.15) is 12.8 Å². The van der Waals surface area contributed by atoms with Crippen LogP contribution >= 0.6 is 85.0 Å². The van der Waals surface area contributed by atoms with E-state index in [-0.39, 0.29) is 68.0 Å². The third kappa shape index (κ3) is 20.9. The fourth-order valence-electron chi connectivity index (χ4n) is 6.44. The standard InChI is InChI=1S/C23H22Cl2F4N2O3.C16H19Cl2F3N2O.C7H4ClFO2.2H2S/c1-4-11-22(15-9-10-16(24)17(25)12-15,14-30(2)20(32)13-23(27,28)29)31(3)21(33)34-19-8-6-5-7-18(19)26;1-4-7-15(22-2,11-5-6-12(17)13(18)8-11)10-23(3)14(24)9-16(19,20)21;8-7(10)11-6-4-2-1-3-5(6)9;;/h4-10,12H,1,11,13-14H2,2-3H3;4-6,8,22H,1,7,9-10H2,2-3H3;1-4H;2*1H2/t22-;15-;;;/m11.../s1. The van der Waals surface area contributed by atoms with E-state index in [1.54, 1.807) is 31.3 Å². The molecule has 4 aromatic rings. The highest BCUT2D eigenvalue weighted by Crippen LogP contribution is 2.38. The molecular weight excluding hydrogens is 1100 g/mol. The zero-order chi connectivity index (χ0) is 52.5. The minimum atomic E-state index is -4.72. The molecule has 4 aromatic carbocycles. The van der Waals surface area contributed by atoms with Crippen molar-refractivity contribution in [1.29, 1.82) is 0 Å². The topological polar surface area (TPSA) is 108 Å². The number of alkyl halides is 6. The highest BCUT2D eigenvalue weighted by molar-refractivity contribution is 7.59. The molecule has 0 aliphatic heterocycles. The minimum Gasteiger partial charge on any atom is -0.411 e. The molecule has 2 atom stereocenters. The summed E-state index contributed by atoms with van der Waals surface area (Å²) in [7, 11) is 5.49. The number of benzene rings is 4. The predicted molar refractivity (Wildman–Crippen MR) is 271 cm³/mol. The number of para-hydroxylation sites is 2. The molecule has 0 fully saturated rings. The number of hydrogen-bond donors (Lipinski definition) is 1. The molecule has 10 nitrogen and oxygen atoms in total. The van der Waals surface area contributed by atoms with Crippen LogP contribution in [0.5, 0.6) is 11.5 Å². The molecule has 0 bridgehead atoms. The summed E-state index contributed by atoms with van der Waals surface area (Å²) < 4.78 is 112. The third-order valence-corrected chi connectivity index (χ3v) is 11.5. The molecular formula is C46H49Cl5F8N4O6S2. The molecule has 4 rings (SSSR count). The van der Waals surface area contributed by atoms with Crippen molar-refractivity contribution in [3.63, 3.8) is 0 Å². The zero-order valence-corrected chi connectivity index (χ0v) is 43.9. The Labute approximate surface area is 444 Å². The van der Waals surface area contributed by atoms with E-state index in [0.717, 1.165) is 20.8 Å². The van der Waals surface area contributed by atoms with E-state index in [2.05, 4.69) is 23.2 Å². The Hall–Kier alpha value is -4.41. The summed E-state index contributed by atoms with van der Waals surface area (Å²) in [4.78, 5) is 50.3. The normalized spacial score (nSPS) is 12.5. The van der Waals surface area contributed by atoms with Crippen LogP contribution in [0.3, 0.4) is 0 Å². The van der Waals surface area contributed by atoms with Crippen molar-refractivity contribution >= 4 is 108 Å². The van der Waals surface area contributed by atoms with Crippen LogP contribution in [-0.2, 0) is 20.7 Å². The summed E-state index contributed by atoms with van der Waals surface area (Å²) in [5.41, 5.74) is -2.30. The Bertz CT molecular complexity index is 2450. The van der Waals surface area contributed by atoms with Crippen molar-refractivity contribution in [3.8, 4) is 11.5 Å². The van der Waals surface area contributed by atoms with E-state index in [9.17, 15) is 54.3 Å². The van der Waals surface area contributed by atoms with Crippen molar-refractivity contribution in [1.82, 2.24) is 20.0 Å². The monoisotopic (exact) mass is 1140 g/mol. The van der Waals surface area contributed by atoms with Crippen molar-refractivity contribution in [2.45, 2.75) is 49.1 Å². The highest BCUT2D eigenvalue weighted by Gasteiger charge is 2.43. The Morgan fingerprint density at radius 1 is 0.620 bits per heavy atom. The summed E-state index contributed by atoms with van der Waals surface area (Å²) in [6.45, 7) is 7.01. The van der Waals surface area contributed by atoms with Gasteiger partial charge in [-0.25, -0.2) is 18.4 Å². The molecule has 1 N–H and O–H groups in total. The summed E-state index contributed by atoms with van der Waals surface area (Å²) in [5, 5.41) is 4.09. The molecule has 0 saturated carbocycles. The SMILES string of the molecule is C=CC[C@@](CN(C)C(=O)CC(F)(F)F)(c1ccc(Cl)c(Cl)c1)N(C)C(=O)Oc1ccccc1F.C=CC[C@](CN(C)C(=O)CC(F)(F)F)(NC)c1ccc(Cl)c(Cl)c1.O=C(Cl)Oc1ccccc1F.S.S. The van der Waals surface area contributed by atoms with Crippen molar-refractivity contribution < 1.29 is 63.8 Å². The summed E-state index contributed by atoms with van der Waals surface area (Å²) in [5.74, 6) is -4.12. The van der Waals surface area contributed by atoms with Gasteiger partial charge < -0.3 is 24.6 Å². The maximum atomic E-state index is 14.0. The molecule has 0 aromatic heterocycles. The van der Waals surface area contributed by atoms with Crippen molar-refractivity contribution in [2.24, 2.45) is 0 Å². The Kier molecular flexibility index (Phi) is 28.1. The first-order valence-corrected chi connectivity index (χ1v) is 21.7. The lowest BCUT2D eigenvalue weighted by Gasteiger charge is -2.43. The maximum absolute atomic E-state index is 14.0. The van der Waals surface area contributed by atoms with Gasteiger partial charge in [0.2, 0.25) is 11.8 Å². The molecule has 0 unspecified atom stereocenters. The molecule has 0 saturated heterocycles. The van der Waals surface area contributed by atoms with Gasteiger partial charge in [-0.3, -0.25) is 14.5 Å². The summed E-state index contributed by atoms with van der Waals surface area (Å²) in [6.07, 6.45) is -10.0. The minimum absolute atomic E-state index is 0. The third-order valence-electron chi connectivity index (χ3n) is 9.92. The van der Waals surface area contributed by atoms with Crippen LogP contribution in [0.25, 0.3) is 0 Å². The second-order valence-electron chi connectivity index (χ2n) is 14.8. The van der Waals surface area contributed by atoms with Crippen LogP contribution in [0.4, 0.5) is 44.7 Å². The van der Waals surface area contributed by atoms with Crippen LogP contribution in [0.1, 0.15) is 36.8 Å². The highest BCUT2D eigenvalue weighted by atomic mass is 35.5. The van der Waals surface area contributed by atoms with Crippen LogP contribution in [0, 0.1) is 11.6 Å². The van der Waals surface area contributed by atoms with Gasteiger partial charge in [-0.15, -0.1) is 13.2 Å². The molecule has 25 heteroatoms. The lowest BCUT2D eigenvalue weighted by Crippen LogP contribution is -2.55. The van der Waals surface area contributed by atoms with Crippen LogP contribution in [0.15, 0.2) is 110 Å². The van der Waals surface area contributed by atoms with Gasteiger partial charge >= 0.3 is 23.9 Å². The Balaban J connectivity index is 0.00000115. The summed E-state index contributed by atoms with van der Waals surface area (Å²) >= 11 is 29.0. The number of ether oxygens (including phenoxy) is 2. The molecule has 0 aliphatic carbocycles. The van der Waals surface area contributed by atoms with E-state index in [1.165, 1.54) is 87.9 Å². The zero-order valence-electron chi connectivity index (χ0n) is 38.1. The molecule has 3 amide bonds. The molecule has 0 spiro atoms. The fourth-order valence-corrected chi connectivity index (χ4v) is 7.12. The molecule has 392 valence electrons. The molecule has 0 heterocycles. The second-order valence-corrected chi connectivity index (χ2v) is 16.8. The van der Waals surface area contributed by atoms with E-state index < -0.39 is 71.2 Å². The molecule has 71 heavy (non-hydrogen) atoms. The van der Waals surface area contributed by atoms with Crippen LogP contribution in [-0.4, -0.2) is 91.7 Å². The number of amides is 3. The van der Waals surface area contributed by atoms with Gasteiger partial charge in [-0.1, -0.05) is 95.0 Å². The van der Waals surface area contributed by atoms with Gasteiger partial charge in [0, 0.05) is 45.8 Å². The number of halogens is 13. The predicted octanol–water partition coefficient (Wildman–Crippen LogP) is 13.6. The van der Waals surface area contributed by atoms with Gasteiger partial charge in [0.25, 0.3) is 0 Å². The smallest absolute Gasteiger partial charge is 0.411 e. The number of carbonyl (C=O) groups is 4. The number of carbonyl (C=O) groups excluding carboxylic acids is 4. The van der Waals surface area contributed by atoms with Crippen molar-refractivity contribution in [3.05, 3.63) is 153 Å². The van der Waals surface area contributed by atoms with Crippen LogP contribution in [0.2, 0.25) is 20.1 Å². The average molecular weight is 1150 g/mol. The van der Waals surface area contributed by atoms with Gasteiger partial charge in [0.05, 0.1) is 31.2 Å². The largest absolute Gasteiger partial charge is 0.415 e. The number of nitrogens with one attached hydrogen (secondary N) is 1. The summed E-state index contributed by atoms with van der Waals surface area (Å²) in [6, 6.07) is 20.1. The Morgan fingerprint density at radius 2 is 1.03 bits per heavy atom. The lowest BCUT2D eigenvalue weighted by molar-refractivity contribution is -0.163. The molecule has 0 aliphatic rings. The van der Waals surface area contributed by atoms with E-state index in [4.69, 9.17) is 62.7 Å².